The average Bonchev–Trinajstić information content (AvgIpc) is 3.39. The fourth-order valence-corrected chi connectivity index (χ4v) is 4.84. The van der Waals surface area contributed by atoms with Gasteiger partial charge >= 0.3 is 0 Å². The minimum absolute atomic E-state index is 0.0226. The van der Waals surface area contributed by atoms with Crippen molar-refractivity contribution in [1.29, 1.82) is 0 Å². The fraction of sp³-hybridized carbons (Fsp3) is 0.357. The first-order valence-electron chi connectivity index (χ1n) is 12.2. The van der Waals surface area contributed by atoms with Crippen LogP contribution in [0.3, 0.4) is 0 Å². The SMILES string of the molecule is CC(C)Oc1ccc(CNC(=O)C2CCN(C(=O)c3cc4oc5ccccc5c4n3C)CC2)cc1. The number of hydrogen-bond acceptors (Lipinski definition) is 4. The van der Waals surface area contributed by atoms with Crippen molar-refractivity contribution in [2.45, 2.75) is 39.3 Å². The molecule has 182 valence electrons. The lowest BCUT2D eigenvalue weighted by atomic mass is 9.95. The number of piperidine rings is 1. The Balaban J connectivity index is 1.17. The van der Waals surface area contributed by atoms with Gasteiger partial charge in [0.1, 0.15) is 17.0 Å². The predicted octanol–water partition coefficient (Wildman–Crippen LogP) is 4.88. The largest absolute Gasteiger partial charge is 0.491 e. The number of aromatic nitrogens is 1. The monoisotopic (exact) mass is 473 g/mol. The first-order chi connectivity index (χ1) is 16.9. The molecule has 0 saturated carbocycles. The highest BCUT2D eigenvalue weighted by atomic mass is 16.5. The van der Waals surface area contributed by atoms with Crippen molar-refractivity contribution in [2.24, 2.45) is 13.0 Å². The highest BCUT2D eigenvalue weighted by molar-refractivity contribution is 6.07. The first kappa shape index (κ1) is 23.0. The number of hydrogen-bond donors (Lipinski definition) is 1. The third kappa shape index (κ3) is 4.63. The van der Waals surface area contributed by atoms with Crippen LogP contribution >= 0.6 is 0 Å². The number of ether oxygens (including phenoxy) is 1. The minimum Gasteiger partial charge on any atom is -0.491 e. The number of carbonyl (C=O) groups excluding carboxylic acids is 2. The van der Waals surface area contributed by atoms with Crippen LogP contribution in [0, 0.1) is 5.92 Å². The van der Waals surface area contributed by atoms with Crippen molar-refractivity contribution in [3.8, 4) is 5.75 Å². The van der Waals surface area contributed by atoms with Crippen LogP contribution in [-0.2, 0) is 18.4 Å². The summed E-state index contributed by atoms with van der Waals surface area (Å²) in [4.78, 5) is 27.8. The van der Waals surface area contributed by atoms with Crippen LogP contribution in [0.1, 0.15) is 42.7 Å². The van der Waals surface area contributed by atoms with Gasteiger partial charge in [-0.3, -0.25) is 9.59 Å². The normalized spacial score (nSPS) is 14.7. The Labute approximate surface area is 204 Å². The summed E-state index contributed by atoms with van der Waals surface area (Å²) in [7, 11) is 1.90. The van der Waals surface area contributed by atoms with Gasteiger partial charge in [0.15, 0.2) is 5.58 Å². The number of likely N-dealkylation sites (tertiary alicyclic amines) is 1. The minimum atomic E-state index is -0.0868. The van der Waals surface area contributed by atoms with E-state index in [0.717, 1.165) is 33.4 Å². The number of carbonyl (C=O) groups is 2. The molecule has 35 heavy (non-hydrogen) atoms. The summed E-state index contributed by atoms with van der Waals surface area (Å²) < 4.78 is 13.5. The van der Waals surface area contributed by atoms with Gasteiger partial charge in [0, 0.05) is 44.1 Å². The molecule has 1 N–H and O–H groups in total. The fourth-order valence-electron chi connectivity index (χ4n) is 4.84. The molecule has 0 spiro atoms. The number of aryl methyl sites for hydroxylation is 1. The van der Waals surface area contributed by atoms with Crippen LogP contribution in [0.15, 0.2) is 59.0 Å². The van der Waals surface area contributed by atoms with Gasteiger partial charge < -0.3 is 23.9 Å². The number of nitrogens with one attached hydrogen (secondary N) is 1. The first-order valence-corrected chi connectivity index (χ1v) is 12.2. The van der Waals surface area contributed by atoms with E-state index in [1.54, 1.807) is 0 Å². The molecule has 1 aliphatic rings. The van der Waals surface area contributed by atoms with Crippen molar-refractivity contribution in [3.63, 3.8) is 0 Å². The van der Waals surface area contributed by atoms with Gasteiger partial charge in [-0.05, 0) is 56.5 Å². The van der Waals surface area contributed by atoms with E-state index >= 15 is 0 Å². The number of amides is 2. The third-order valence-electron chi connectivity index (χ3n) is 6.69. The Morgan fingerprint density at radius 3 is 2.49 bits per heavy atom. The molecule has 0 bridgehead atoms. The van der Waals surface area contributed by atoms with Gasteiger partial charge in [0.05, 0.1) is 11.6 Å². The number of rotatable bonds is 6. The molecule has 2 aromatic carbocycles. The van der Waals surface area contributed by atoms with Crippen LogP contribution in [0.2, 0.25) is 0 Å². The van der Waals surface area contributed by atoms with Crippen LogP contribution < -0.4 is 10.1 Å². The van der Waals surface area contributed by atoms with Crippen molar-refractivity contribution in [3.05, 3.63) is 65.9 Å². The summed E-state index contributed by atoms with van der Waals surface area (Å²) in [5, 5.41) is 4.05. The van der Waals surface area contributed by atoms with Gasteiger partial charge in [-0.1, -0.05) is 24.3 Å². The summed E-state index contributed by atoms with van der Waals surface area (Å²) in [6.07, 6.45) is 1.44. The molecule has 0 aliphatic carbocycles. The molecule has 0 atom stereocenters. The molecule has 1 fully saturated rings. The van der Waals surface area contributed by atoms with Gasteiger partial charge in [0.2, 0.25) is 5.91 Å². The van der Waals surface area contributed by atoms with E-state index < -0.39 is 0 Å². The molecule has 0 unspecified atom stereocenters. The highest BCUT2D eigenvalue weighted by Gasteiger charge is 2.29. The highest BCUT2D eigenvalue weighted by Crippen LogP contribution is 2.31. The van der Waals surface area contributed by atoms with Gasteiger partial charge in [0.25, 0.3) is 5.91 Å². The second kappa shape index (κ2) is 9.49. The maximum absolute atomic E-state index is 13.3. The lowest BCUT2D eigenvalue weighted by Crippen LogP contribution is -2.43. The Hall–Kier alpha value is -3.74. The summed E-state index contributed by atoms with van der Waals surface area (Å²) in [6, 6.07) is 17.5. The van der Waals surface area contributed by atoms with Gasteiger partial charge in [-0.15, -0.1) is 0 Å². The van der Waals surface area contributed by atoms with Crippen molar-refractivity contribution < 1.29 is 18.7 Å². The zero-order valence-electron chi connectivity index (χ0n) is 20.4. The summed E-state index contributed by atoms with van der Waals surface area (Å²) in [5.74, 6) is 0.760. The van der Waals surface area contributed by atoms with Crippen LogP contribution in [0.5, 0.6) is 5.75 Å². The number of furan rings is 1. The second-order valence-electron chi connectivity index (χ2n) is 9.49. The van der Waals surface area contributed by atoms with Crippen LogP contribution in [-0.4, -0.2) is 40.5 Å². The lowest BCUT2D eigenvalue weighted by Gasteiger charge is -2.31. The standard InChI is InChI=1S/C28H31N3O4/c1-18(2)34-21-10-8-19(9-11-21)17-29-27(32)20-12-14-31(15-13-20)28(33)23-16-25-26(30(23)3)22-6-4-5-7-24(22)35-25/h4-11,16,18,20H,12-15,17H2,1-3H3,(H,29,32). The second-order valence-corrected chi connectivity index (χ2v) is 9.49. The van der Waals surface area contributed by atoms with E-state index in [-0.39, 0.29) is 23.8 Å². The quantitative estimate of drug-likeness (QED) is 0.433. The van der Waals surface area contributed by atoms with E-state index in [1.807, 2.05) is 85.0 Å². The zero-order valence-corrected chi connectivity index (χ0v) is 20.4. The summed E-state index contributed by atoms with van der Waals surface area (Å²) in [5.41, 5.74) is 4.11. The van der Waals surface area contributed by atoms with E-state index in [1.165, 1.54) is 0 Å². The van der Waals surface area contributed by atoms with E-state index in [4.69, 9.17) is 9.15 Å². The van der Waals surface area contributed by atoms with Crippen molar-refractivity contribution in [2.75, 3.05) is 13.1 Å². The Morgan fingerprint density at radius 1 is 1.06 bits per heavy atom. The van der Waals surface area contributed by atoms with Crippen molar-refractivity contribution in [1.82, 2.24) is 14.8 Å². The van der Waals surface area contributed by atoms with Crippen LogP contribution in [0.25, 0.3) is 22.1 Å². The molecular formula is C28H31N3O4. The Morgan fingerprint density at radius 2 is 1.77 bits per heavy atom. The molecule has 5 rings (SSSR count). The average molecular weight is 474 g/mol. The smallest absolute Gasteiger partial charge is 0.270 e. The Kier molecular flexibility index (Phi) is 6.24. The number of para-hydroxylation sites is 1. The summed E-state index contributed by atoms with van der Waals surface area (Å²) in [6.45, 7) is 5.59. The zero-order chi connectivity index (χ0) is 24.5. The van der Waals surface area contributed by atoms with E-state index in [9.17, 15) is 9.59 Å². The summed E-state index contributed by atoms with van der Waals surface area (Å²) >= 11 is 0. The Bertz CT molecular complexity index is 1360. The molecule has 2 amide bonds. The molecule has 7 nitrogen and oxygen atoms in total. The lowest BCUT2D eigenvalue weighted by molar-refractivity contribution is -0.126. The van der Waals surface area contributed by atoms with Crippen molar-refractivity contribution >= 4 is 33.9 Å². The number of fused-ring (bicyclic) bond motifs is 3. The van der Waals surface area contributed by atoms with Gasteiger partial charge in [-0.25, -0.2) is 0 Å². The molecule has 1 saturated heterocycles. The molecule has 0 radical (unpaired) electrons. The molecular weight excluding hydrogens is 442 g/mol. The molecule has 1 aliphatic heterocycles. The predicted molar refractivity (Wildman–Crippen MR) is 135 cm³/mol. The number of nitrogens with zero attached hydrogens (tertiary/aromatic N) is 2. The molecule has 3 heterocycles. The van der Waals surface area contributed by atoms with E-state index in [2.05, 4.69) is 5.32 Å². The number of benzene rings is 2. The maximum atomic E-state index is 13.3. The molecule has 2 aromatic heterocycles. The van der Waals surface area contributed by atoms with Crippen LogP contribution in [0.4, 0.5) is 0 Å². The maximum Gasteiger partial charge on any atom is 0.270 e. The van der Waals surface area contributed by atoms with Gasteiger partial charge in [-0.2, -0.15) is 0 Å². The molecule has 4 aromatic rings. The molecule has 7 heteroatoms. The topological polar surface area (TPSA) is 76.7 Å². The third-order valence-corrected chi connectivity index (χ3v) is 6.69. The van der Waals surface area contributed by atoms with E-state index in [0.29, 0.717) is 38.2 Å².